The summed E-state index contributed by atoms with van der Waals surface area (Å²) in [5.41, 5.74) is 2.46. The lowest BCUT2D eigenvalue weighted by Crippen LogP contribution is -2.33. The third-order valence-electron chi connectivity index (χ3n) is 6.05. The second-order valence-corrected chi connectivity index (χ2v) is 9.96. The normalized spacial score (nSPS) is 12.1. The smallest absolute Gasteiger partial charge is 0.328 e. The fourth-order valence-corrected chi connectivity index (χ4v) is 5.05. The molecule has 0 aliphatic rings. The van der Waals surface area contributed by atoms with E-state index in [1.165, 1.54) is 17.4 Å². The van der Waals surface area contributed by atoms with Crippen LogP contribution in [-0.2, 0) is 11.3 Å². The molecule has 10 heteroatoms. The molecule has 1 unspecified atom stereocenters. The van der Waals surface area contributed by atoms with Crippen LogP contribution in [0.15, 0.2) is 72.8 Å². The number of ether oxygens (including phenoxy) is 1. The average Bonchev–Trinajstić information content (AvgIpc) is 3.56. The van der Waals surface area contributed by atoms with Gasteiger partial charge in [-0.2, -0.15) is 0 Å². The number of hydrogen-bond acceptors (Lipinski definition) is 7. The molecule has 0 bridgehead atoms. The third-order valence-corrected chi connectivity index (χ3v) is 7.10. The second kappa shape index (κ2) is 12.5. The Labute approximate surface area is 229 Å². The number of hydrogen-bond donors (Lipinski definition) is 4. The monoisotopic (exact) mass is 547 g/mol. The molecule has 202 valence electrons. The fraction of sp³-hybridized carbons (Fsp3) is 0.207. The van der Waals surface area contributed by atoms with Crippen LogP contribution in [-0.4, -0.2) is 56.7 Å². The molecule has 2 aromatic heterocycles. The van der Waals surface area contributed by atoms with E-state index in [0.717, 1.165) is 21.4 Å². The molecular formula is C29H29N3O6S. The predicted octanol–water partition coefficient (Wildman–Crippen LogP) is 4.23. The van der Waals surface area contributed by atoms with Crippen molar-refractivity contribution in [2.45, 2.75) is 25.7 Å². The Morgan fingerprint density at radius 3 is 2.44 bits per heavy atom. The Morgan fingerprint density at radius 1 is 1.08 bits per heavy atom. The number of carbonyl (C=O) groups is 2. The van der Waals surface area contributed by atoms with Crippen LogP contribution in [0.2, 0.25) is 0 Å². The van der Waals surface area contributed by atoms with E-state index in [4.69, 9.17) is 14.8 Å². The fourth-order valence-electron chi connectivity index (χ4n) is 4.14. The van der Waals surface area contributed by atoms with Crippen molar-refractivity contribution in [2.24, 2.45) is 0 Å². The van der Waals surface area contributed by atoms with Gasteiger partial charge >= 0.3 is 5.97 Å². The number of nitrogens with zero attached hydrogens (tertiary/aromatic N) is 2. The van der Waals surface area contributed by atoms with Crippen LogP contribution < -0.4 is 10.1 Å². The summed E-state index contributed by atoms with van der Waals surface area (Å²) in [7, 11) is 1.57. The summed E-state index contributed by atoms with van der Waals surface area (Å²) in [5.74, 6) is -0.355. The SMILES string of the molecule is COc1ccc(-c2nc(-c3ccc(/C=C/C(=O)O)s3)n(CC(C)c3ccccc3)c2C(=O)NCC(O)O)cc1. The van der Waals surface area contributed by atoms with Gasteiger partial charge in [-0.05, 0) is 54.0 Å². The molecule has 0 saturated carbocycles. The van der Waals surface area contributed by atoms with Crippen molar-refractivity contribution in [1.29, 1.82) is 0 Å². The predicted molar refractivity (Wildman–Crippen MR) is 150 cm³/mol. The number of aliphatic hydroxyl groups is 2. The van der Waals surface area contributed by atoms with Gasteiger partial charge < -0.3 is 29.9 Å². The first-order valence-electron chi connectivity index (χ1n) is 12.2. The van der Waals surface area contributed by atoms with Gasteiger partial charge in [0.1, 0.15) is 17.1 Å². The number of carboxylic acid groups (broad SMARTS) is 1. The van der Waals surface area contributed by atoms with Gasteiger partial charge in [-0.1, -0.05) is 37.3 Å². The van der Waals surface area contributed by atoms with Gasteiger partial charge in [0.15, 0.2) is 12.1 Å². The maximum absolute atomic E-state index is 13.5. The van der Waals surface area contributed by atoms with Crippen molar-refractivity contribution in [3.8, 4) is 27.7 Å². The van der Waals surface area contributed by atoms with Crippen molar-refractivity contribution >= 4 is 29.3 Å². The Morgan fingerprint density at radius 2 is 1.79 bits per heavy atom. The van der Waals surface area contributed by atoms with E-state index >= 15 is 0 Å². The summed E-state index contributed by atoms with van der Waals surface area (Å²) in [6.07, 6.45) is 0.872. The van der Waals surface area contributed by atoms with Crippen molar-refractivity contribution in [2.75, 3.05) is 13.7 Å². The van der Waals surface area contributed by atoms with Crippen LogP contribution in [0.4, 0.5) is 0 Å². The molecule has 1 amide bonds. The number of aliphatic carboxylic acids is 1. The highest BCUT2D eigenvalue weighted by atomic mass is 32.1. The Bertz CT molecular complexity index is 1460. The van der Waals surface area contributed by atoms with Crippen LogP contribution in [0.5, 0.6) is 5.75 Å². The van der Waals surface area contributed by atoms with Crippen molar-refractivity contribution in [3.05, 3.63) is 88.9 Å². The zero-order chi connectivity index (χ0) is 27.9. The molecule has 0 radical (unpaired) electrons. The number of thiophene rings is 1. The number of nitrogens with one attached hydrogen (secondary N) is 1. The van der Waals surface area contributed by atoms with Gasteiger partial charge in [0, 0.05) is 23.1 Å². The number of aliphatic hydroxyl groups excluding tert-OH is 1. The first kappa shape index (κ1) is 27.8. The minimum atomic E-state index is -1.71. The van der Waals surface area contributed by atoms with Gasteiger partial charge in [0.25, 0.3) is 5.91 Å². The van der Waals surface area contributed by atoms with E-state index in [-0.39, 0.29) is 18.2 Å². The summed E-state index contributed by atoms with van der Waals surface area (Å²) >= 11 is 1.35. The number of amides is 1. The molecule has 39 heavy (non-hydrogen) atoms. The highest BCUT2D eigenvalue weighted by Gasteiger charge is 2.27. The highest BCUT2D eigenvalue weighted by molar-refractivity contribution is 7.16. The zero-order valence-corrected chi connectivity index (χ0v) is 22.3. The summed E-state index contributed by atoms with van der Waals surface area (Å²) in [5, 5.41) is 30.4. The maximum atomic E-state index is 13.5. The first-order chi connectivity index (χ1) is 18.8. The Balaban J connectivity index is 1.89. The molecule has 0 fully saturated rings. The van der Waals surface area contributed by atoms with E-state index in [9.17, 15) is 19.8 Å². The summed E-state index contributed by atoms with van der Waals surface area (Å²) in [6, 6.07) is 20.7. The zero-order valence-electron chi connectivity index (χ0n) is 21.4. The van der Waals surface area contributed by atoms with Gasteiger partial charge in [0.2, 0.25) is 0 Å². The summed E-state index contributed by atoms with van der Waals surface area (Å²) in [6.45, 7) is 2.12. The van der Waals surface area contributed by atoms with Crippen molar-refractivity contribution in [1.82, 2.24) is 14.9 Å². The number of imidazole rings is 1. The van der Waals surface area contributed by atoms with E-state index in [1.54, 1.807) is 25.3 Å². The molecule has 9 nitrogen and oxygen atoms in total. The van der Waals surface area contributed by atoms with Crippen LogP contribution in [0, 0.1) is 0 Å². The minimum Gasteiger partial charge on any atom is -0.497 e. The van der Waals surface area contributed by atoms with E-state index < -0.39 is 18.2 Å². The lowest BCUT2D eigenvalue weighted by Gasteiger charge is -2.18. The van der Waals surface area contributed by atoms with Crippen LogP contribution in [0.1, 0.15) is 33.8 Å². The molecule has 0 aliphatic heterocycles. The quantitative estimate of drug-likeness (QED) is 0.163. The number of carbonyl (C=O) groups excluding carboxylic acids is 1. The number of methoxy groups -OCH3 is 1. The van der Waals surface area contributed by atoms with Gasteiger partial charge in [-0.15, -0.1) is 11.3 Å². The van der Waals surface area contributed by atoms with E-state index in [0.29, 0.717) is 29.4 Å². The van der Waals surface area contributed by atoms with Crippen molar-refractivity contribution in [3.63, 3.8) is 0 Å². The third kappa shape index (κ3) is 6.80. The highest BCUT2D eigenvalue weighted by Crippen LogP contribution is 2.35. The van der Waals surface area contributed by atoms with Crippen LogP contribution in [0.3, 0.4) is 0 Å². The number of benzene rings is 2. The lowest BCUT2D eigenvalue weighted by molar-refractivity contribution is -0.131. The maximum Gasteiger partial charge on any atom is 0.328 e. The van der Waals surface area contributed by atoms with Crippen LogP contribution >= 0.6 is 11.3 Å². The molecule has 4 rings (SSSR count). The van der Waals surface area contributed by atoms with Crippen molar-refractivity contribution < 1.29 is 29.6 Å². The molecule has 2 aromatic carbocycles. The molecule has 2 heterocycles. The second-order valence-electron chi connectivity index (χ2n) is 8.85. The molecule has 0 aliphatic carbocycles. The molecule has 1 atom stereocenters. The van der Waals surface area contributed by atoms with Gasteiger partial charge in [0.05, 0.1) is 18.5 Å². The first-order valence-corrected chi connectivity index (χ1v) is 13.0. The molecule has 0 spiro atoms. The van der Waals surface area contributed by atoms with Gasteiger partial charge in [-0.25, -0.2) is 9.78 Å². The molecule has 0 saturated heterocycles. The number of rotatable bonds is 11. The minimum absolute atomic E-state index is 0.00388. The Kier molecular flexibility index (Phi) is 8.92. The van der Waals surface area contributed by atoms with Crippen LogP contribution in [0.25, 0.3) is 28.0 Å². The van der Waals surface area contributed by atoms with E-state index in [2.05, 4.69) is 12.2 Å². The summed E-state index contributed by atoms with van der Waals surface area (Å²) < 4.78 is 7.12. The number of aromatic nitrogens is 2. The lowest BCUT2D eigenvalue weighted by atomic mass is 10.0. The number of carboxylic acids is 1. The Hall–Kier alpha value is -4.25. The molecular weight excluding hydrogens is 518 g/mol. The molecule has 4 N–H and O–H groups in total. The topological polar surface area (TPSA) is 134 Å². The largest absolute Gasteiger partial charge is 0.497 e. The average molecular weight is 548 g/mol. The summed E-state index contributed by atoms with van der Waals surface area (Å²) in [4.78, 5) is 30.9. The van der Waals surface area contributed by atoms with E-state index in [1.807, 2.05) is 53.1 Å². The van der Waals surface area contributed by atoms with Gasteiger partial charge in [-0.3, -0.25) is 4.79 Å². The molecule has 4 aromatic rings. The standard InChI is InChI=1S/C29H29N3O6S/c1-18(19-6-4-3-5-7-19)17-32-27(29(37)30-16-25(35)36)26(20-8-10-21(38-2)11-9-20)31-28(32)23-14-12-22(39-23)13-15-24(33)34/h3-15,18,25,35-36H,16-17H2,1-2H3,(H,30,37)(H,33,34)/b15-13+.